The van der Waals surface area contributed by atoms with Gasteiger partial charge in [0.05, 0.1) is 5.69 Å². The zero-order valence-electron chi connectivity index (χ0n) is 15.9. The maximum Gasteiger partial charge on any atom is 0.514 e. The van der Waals surface area contributed by atoms with Crippen molar-refractivity contribution in [3.8, 4) is 17.2 Å². The Hall–Kier alpha value is -2.64. The second kappa shape index (κ2) is 7.31. The van der Waals surface area contributed by atoms with Crippen molar-refractivity contribution in [2.24, 2.45) is 0 Å². The molecule has 0 fully saturated rings. The molecule has 0 saturated heterocycles. The molecule has 1 aromatic rings. The summed E-state index contributed by atoms with van der Waals surface area (Å²) in [5.41, 5.74) is -1.02. The second-order valence-electron chi connectivity index (χ2n) is 7.69. The quantitative estimate of drug-likeness (QED) is 0.621. The van der Waals surface area contributed by atoms with Gasteiger partial charge in [-0.25, -0.2) is 9.59 Å². The molecule has 0 spiro atoms. The zero-order chi connectivity index (χ0) is 19.5. The maximum absolute atomic E-state index is 12.0. The first kappa shape index (κ1) is 19.7. The molecule has 0 radical (unpaired) electrons. The first-order valence-electron chi connectivity index (χ1n) is 8.27. The average Bonchev–Trinajstić information content (AvgIpc) is 2.42. The smallest absolute Gasteiger partial charge is 0.486 e. The van der Waals surface area contributed by atoms with Gasteiger partial charge in [-0.1, -0.05) is 0 Å². The average molecular weight is 367 g/mol. The van der Waals surface area contributed by atoms with Gasteiger partial charge in [-0.15, -0.1) is 0 Å². The molecule has 1 N–H and O–H groups in total. The topological polar surface area (TPSA) is 92.3 Å². The van der Waals surface area contributed by atoms with Crippen molar-refractivity contribution in [2.75, 3.05) is 18.5 Å². The van der Waals surface area contributed by atoms with Crippen LogP contribution in [0.15, 0.2) is 12.1 Å². The van der Waals surface area contributed by atoms with Gasteiger partial charge in [-0.05, 0) is 41.5 Å². The van der Waals surface area contributed by atoms with Gasteiger partial charge in [0.25, 0.3) is 0 Å². The Morgan fingerprint density at radius 1 is 0.962 bits per heavy atom. The van der Waals surface area contributed by atoms with E-state index in [9.17, 15) is 9.59 Å². The minimum atomic E-state index is -0.886. The summed E-state index contributed by atoms with van der Waals surface area (Å²) in [4.78, 5) is 24.0. The summed E-state index contributed by atoms with van der Waals surface area (Å²) in [7, 11) is 0. The minimum Gasteiger partial charge on any atom is -0.486 e. The first-order chi connectivity index (χ1) is 11.9. The van der Waals surface area contributed by atoms with Crippen LogP contribution in [0.1, 0.15) is 41.5 Å². The summed E-state index contributed by atoms with van der Waals surface area (Å²) < 4.78 is 26.7. The molecule has 1 amide bonds. The number of hydrogen-bond donors (Lipinski definition) is 1. The minimum absolute atomic E-state index is 0.0857. The molecule has 8 heteroatoms. The lowest BCUT2D eigenvalue weighted by Crippen LogP contribution is -2.28. The van der Waals surface area contributed by atoms with E-state index in [4.69, 9.17) is 23.7 Å². The molecule has 26 heavy (non-hydrogen) atoms. The molecule has 8 nitrogen and oxygen atoms in total. The summed E-state index contributed by atoms with van der Waals surface area (Å²) in [6.07, 6.45) is -1.53. The van der Waals surface area contributed by atoms with E-state index < -0.39 is 23.5 Å². The van der Waals surface area contributed by atoms with Gasteiger partial charge in [-0.2, -0.15) is 0 Å². The van der Waals surface area contributed by atoms with Gasteiger partial charge in [0, 0.05) is 12.1 Å². The Morgan fingerprint density at radius 2 is 1.58 bits per heavy atom. The van der Waals surface area contributed by atoms with Crippen LogP contribution in [0.2, 0.25) is 0 Å². The summed E-state index contributed by atoms with van der Waals surface area (Å²) in [5, 5.41) is 2.58. The Labute approximate surface area is 152 Å². The van der Waals surface area contributed by atoms with Gasteiger partial charge in [0.15, 0.2) is 11.5 Å². The molecule has 1 aromatic carbocycles. The third kappa shape index (κ3) is 6.02. The highest BCUT2D eigenvalue weighted by Gasteiger charge is 2.25. The molecule has 1 heterocycles. The zero-order valence-corrected chi connectivity index (χ0v) is 15.9. The van der Waals surface area contributed by atoms with E-state index >= 15 is 0 Å². The Morgan fingerprint density at radius 3 is 2.19 bits per heavy atom. The number of anilines is 1. The molecule has 1 aliphatic rings. The number of fused-ring (bicyclic) bond motifs is 1. The number of carbonyl (C=O) groups is 2. The van der Waals surface area contributed by atoms with Crippen molar-refractivity contribution in [3.63, 3.8) is 0 Å². The molecule has 0 unspecified atom stereocenters. The summed E-state index contributed by atoms with van der Waals surface area (Å²) in [5.74, 6) is 0.711. The number of rotatable bonds is 2. The van der Waals surface area contributed by atoms with Crippen LogP contribution in [-0.4, -0.2) is 36.7 Å². The molecule has 0 aromatic heterocycles. The van der Waals surface area contributed by atoms with E-state index in [2.05, 4.69) is 5.32 Å². The van der Waals surface area contributed by atoms with E-state index in [0.29, 0.717) is 24.7 Å². The fourth-order valence-corrected chi connectivity index (χ4v) is 2.05. The van der Waals surface area contributed by atoms with Crippen molar-refractivity contribution in [2.45, 2.75) is 52.7 Å². The van der Waals surface area contributed by atoms with E-state index in [0.717, 1.165) is 0 Å². The van der Waals surface area contributed by atoms with E-state index in [1.807, 2.05) is 0 Å². The monoisotopic (exact) mass is 367 g/mol. The molecule has 1 aliphatic heterocycles. The lowest BCUT2D eigenvalue weighted by molar-refractivity contribution is 0.0195. The van der Waals surface area contributed by atoms with Crippen LogP contribution in [0.3, 0.4) is 0 Å². The number of nitrogens with one attached hydrogen (secondary N) is 1. The Bertz CT molecular complexity index is 686. The fourth-order valence-electron chi connectivity index (χ4n) is 2.05. The number of benzene rings is 1. The number of ether oxygens (including phenoxy) is 5. The number of amides is 1. The van der Waals surface area contributed by atoms with Gasteiger partial charge < -0.3 is 23.7 Å². The molecule has 144 valence electrons. The summed E-state index contributed by atoms with van der Waals surface area (Å²) in [6.45, 7) is 11.1. The second-order valence-corrected chi connectivity index (χ2v) is 7.69. The molecular weight excluding hydrogens is 342 g/mol. The molecule has 0 aliphatic carbocycles. The highest BCUT2D eigenvalue weighted by atomic mass is 16.7. The molecule has 2 rings (SSSR count). The van der Waals surface area contributed by atoms with Crippen LogP contribution in [-0.2, 0) is 9.47 Å². The van der Waals surface area contributed by atoms with Gasteiger partial charge in [0.2, 0.25) is 5.75 Å². The third-order valence-corrected chi connectivity index (χ3v) is 2.84. The van der Waals surface area contributed by atoms with Crippen molar-refractivity contribution in [1.29, 1.82) is 0 Å². The van der Waals surface area contributed by atoms with Crippen LogP contribution in [0.5, 0.6) is 17.2 Å². The fraction of sp³-hybridized carbons (Fsp3) is 0.556. The predicted molar refractivity (Wildman–Crippen MR) is 94.2 cm³/mol. The molecular formula is C18H25NO7. The Kier molecular flexibility index (Phi) is 5.53. The SMILES string of the molecule is CC(C)(C)OC(=O)Nc1cc2c(c(OC(=O)OC(C)(C)C)c1)OCCO2. The van der Waals surface area contributed by atoms with Crippen molar-refractivity contribution >= 4 is 17.9 Å². The molecule has 0 atom stereocenters. The van der Waals surface area contributed by atoms with Crippen LogP contribution in [0.4, 0.5) is 15.3 Å². The van der Waals surface area contributed by atoms with Crippen LogP contribution < -0.4 is 19.5 Å². The predicted octanol–water partition coefficient (Wildman–Crippen LogP) is 4.12. The Balaban J connectivity index is 2.23. The van der Waals surface area contributed by atoms with Crippen molar-refractivity contribution in [1.82, 2.24) is 0 Å². The molecule has 0 bridgehead atoms. The van der Waals surface area contributed by atoms with Gasteiger partial charge >= 0.3 is 12.2 Å². The van der Waals surface area contributed by atoms with E-state index in [1.165, 1.54) is 6.07 Å². The largest absolute Gasteiger partial charge is 0.514 e. The van der Waals surface area contributed by atoms with E-state index in [1.54, 1.807) is 47.6 Å². The lowest BCUT2D eigenvalue weighted by Gasteiger charge is -2.24. The first-order valence-corrected chi connectivity index (χ1v) is 8.27. The maximum atomic E-state index is 12.0. The van der Waals surface area contributed by atoms with E-state index in [-0.39, 0.29) is 11.5 Å². The van der Waals surface area contributed by atoms with Crippen molar-refractivity contribution in [3.05, 3.63) is 12.1 Å². The van der Waals surface area contributed by atoms with Crippen molar-refractivity contribution < 1.29 is 33.3 Å². The highest BCUT2D eigenvalue weighted by molar-refractivity contribution is 5.86. The van der Waals surface area contributed by atoms with Gasteiger partial charge in [-0.3, -0.25) is 5.32 Å². The molecule has 0 saturated carbocycles. The third-order valence-electron chi connectivity index (χ3n) is 2.84. The van der Waals surface area contributed by atoms with Crippen LogP contribution in [0, 0.1) is 0 Å². The summed E-state index contributed by atoms with van der Waals surface area (Å²) >= 11 is 0. The highest BCUT2D eigenvalue weighted by Crippen LogP contribution is 2.42. The lowest BCUT2D eigenvalue weighted by atomic mass is 10.2. The standard InChI is InChI=1S/C18H25NO7/c1-17(2,3)25-15(20)19-11-9-12-14(23-8-7-22-12)13(10-11)24-16(21)26-18(4,5)6/h9-10H,7-8H2,1-6H3,(H,19,20). The normalized spacial score (nSPS) is 13.6. The summed E-state index contributed by atoms with van der Waals surface area (Å²) in [6, 6.07) is 3.02. The van der Waals surface area contributed by atoms with Crippen LogP contribution in [0.25, 0.3) is 0 Å². The number of carbonyl (C=O) groups excluding carboxylic acids is 2. The number of hydrogen-bond acceptors (Lipinski definition) is 7. The van der Waals surface area contributed by atoms with Crippen LogP contribution >= 0.6 is 0 Å². The van der Waals surface area contributed by atoms with Gasteiger partial charge in [0.1, 0.15) is 24.4 Å².